The predicted octanol–water partition coefficient (Wildman–Crippen LogP) is 4.07. The molecule has 1 amide bonds. The monoisotopic (exact) mass is 520 g/mol. The molecule has 3 aromatic rings. The summed E-state index contributed by atoms with van der Waals surface area (Å²) in [6, 6.07) is 8.19. The average Bonchev–Trinajstić information content (AvgIpc) is 2.88. The van der Waals surface area contributed by atoms with Gasteiger partial charge in [-0.3, -0.25) is 0 Å². The lowest BCUT2D eigenvalue weighted by Gasteiger charge is -2.32. The summed E-state index contributed by atoms with van der Waals surface area (Å²) in [6.07, 6.45) is -2.80. The number of nitrogen functional groups attached to an aromatic ring is 1. The van der Waals surface area contributed by atoms with Crippen molar-refractivity contribution in [2.24, 2.45) is 5.73 Å². The maximum absolute atomic E-state index is 13.8. The van der Waals surface area contributed by atoms with E-state index in [2.05, 4.69) is 15.0 Å². The largest absolute Gasteiger partial charge is 0.476 e. The summed E-state index contributed by atoms with van der Waals surface area (Å²) in [7, 11) is 0. The van der Waals surface area contributed by atoms with Gasteiger partial charge in [-0.05, 0) is 31.0 Å². The molecule has 1 fully saturated rings. The molecule has 2 aromatic heterocycles. The van der Waals surface area contributed by atoms with Crippen LogP contribution in [0.2, 0.25) is 0 Å². The van der Waals surface area contributed by atoms with Gasteiger partial charge in [-0.1, -0.05) is 18.2 Å². The number of alkyl halides is 3. The maximum Gasteiger partial charge on any atom is 0.433 e. The fraction of sp³-hybridized carbons (Fsp3) is 0.333. The third-order valence-electron chi connectivity index (χ3n) is 5.86. The normalized spacial score (nSPS) is 15.3. The Bertz CT molecular complexity index is 1250. The van der Waals surface area contributed by atoms with Crippen LogP contribution < -0.4 is 20.9 Å². The van der Waals surface area contributed by atoms with E-state index in [0.717, 1.165) is 6.07 Å². The number of halogens is 4. The van der Waals surface area contributed by atoms with Crippen molar-refractivity contribution in [1.29, 1.82) is 0 Å². The molecule has 4 rings (SSSR count). The number of likely N-dealkylation sites (tertiary alicyclic amines) is 1. The van der Waals surface area contributed by atoms with Crippen molar-refractivity contribution in [3.63, 3.8) is 0 Å². The molecular formula is C24H24F4N6O3. The smallest absolute Gasteiger partial charge is 0.433 e. The van der Waals surface area contributed by atoms with Crippen LogP contribution in [0, 0.1) is 5.82 Å². The Morgan fingerprint density at radius 3 is 2.54 bits per heavy atom. The number of piperidine rings is 1. The lowest BCUT2D eigenvalue weighted by molar-refractivity contribution is -0.141. The van der Waals surface area contributed by atoms with Gasteiger partial charge in [0.05, 0.1) is 11.7 Å². The fourth-order valence-electron chi connectivity index (χ4n) is 3.97. The van der Waals surface area contributed by atoms with Crippen LogP contribution in [0.25, 0.3) is 0 Å². The Balaban J connectivity index is 1.40. The number of nitrogens with two attached hydrogens (primary N) is 2. The van der Waals surface area contributed by atoms with Gasteiger partial charge in [-0.25, -0.2) is 24.1 Å². The van der Waals surface area contributed by atoms with E-state index in [4.69, 9.17) is 20.9 Å². The topological polar surface area (TPSA) is 129 Å². The van der Waals surface area contributed by atoms with Gasteiger partial charge in [0.15, 0.2) is 11.6 Å². The first kappa shape index (κ1) is 26.1. The fourth-order valence-corrected chi connectivity index (χ4v) is 3.97. The molecule has 4 N–H and O–H groups in total. The standard InChI is InChI=1S/C24H24F4N6O3/c25-16-4-1-2-5-18(16)37-23(35)34-10-8-14(9-11-34)21-15(12-31-22(30)33-21)17(29)13-36-20-7-3-6-19(32-20)24(26,27)28/h1-7,12,14,17H,8-11,13,29H2,(H2,30,31,33). The highest BCUT2D eigenvalue weighted by Gasteiger charge is 2.33. The molecule has 3 heterocycles. The molecule has 0 aliphatic carbocycles. The second kappa shape index (κ2) is 10.9. The van der Waals surface area contributed by atoms with E-state index >= 15 is 0 Å². The van der Waals surface area contributed by atoms with Crippen LogP contribution in [0.1, 0.15) is 41.8 Å². The van der Waals surface area contributed by atoms with Crippen molar-refractivity contribution >= 4 is 12.0 Å². The number of hydrogen-bond acceptors (Lipinski definition) is 8. The van der Waals surface area contributed by atoms with Crippen molar-refractivity contribution in [2.75, 3.05) is 25.4 Å². The number of carbonyl (C=O) groups is 1. The maximum atomic E-state index is 13.8. The Kier molecular flexibility index (Phi) is 7.71. The van der Waals surface area contributed by atoms with Gasteiger partial charge in [0.1, 0.15) is 12.3 Å². The zero-order valence-electron chi connectivity index (χ0n) is 19.5. The molecule has 1 atom stereocenters. The summed E-state index contributed by atoms with van der Waals surface area (Å²) in [5.41, 5.74) is 12.1. The number of ether oxygens (including phenoxy) is 2. The Labute approximate surface area is 209 Å². The molecule has 1 unspecified atom stereocenters. The van der Waals surface area contributed by atoms with Gasteiger partial charge in [0.25, 0.3) is 0 Å². The number of hydrogen-bond donors (Lipinski definition) is 2. The molecule has 0 spiro atoms. The van der Waals surface area contributed by atoms with Gasteiger partial charge in [-0.15, -0.1) is 0 Å². The highest BCUT2D eigenvalue weighted by atomic mass is 19.4. The van der Waals surface area contributed by atoms with E-state index in [-0.39, 0.29) is 30.1 Å². The van der Waals surface area contributed by atoms with E-state index in [9.17, 15) is 22.4 Å². The summed E-state index contributed by atoms with van der Waals surface area (Å²) < 4.78 is 63.1. The van der Waals surface area contributed by atoms with Gasteiger partial charge in [0.2, 0.25) is 11.8 Å². The molecule has 196 valence electrons. The van der Waals surface area contributed by atoms with E-state index in [1.54, 1.807) is 6.07 Å². The van der Waals surface area contributed by atoms with Crippen LogP contribution in [-0.4, -0.2) is 45.6 Å². The Hall–Kier alpha value is -4.00. The van der Waals surface area contributed by atoms with E-state index in [1.807, 2.05) is 0 Å². The number of anilines is 1. The number of pyridine rings is 1. The first-order valence-corrected chi connectivity index (χ1v) is 11.4. The first-order chi connectivity index (χ1) is 17.6. The molecule has 1 aliphatic rings. The zero-order chi connectivity index (χ0) is 26.6. The third kappa shape index (κ3) is 6.42. The quantitative estimate of drug-likeness (QED) is 0.466. The van der Waals surface area contributed by atoms with E-state index in [0.29, 0.717) is 37.2 Å². The van der Waals surface area contributed by atoms with Crippen molar-refractivity contribution in [3.05, 3.63) is 71.4 Å². The summed E-state index contributed by atoms with van der Waals surface area (Å²) >= 11 is 0. The summed E-state index contributed by atoms with van der Waals surface area (Å²) in [6.45, 7) is 0.463. The number of aromatic nitrogens is 3. The minimum Gasteiger partial charge on any atom is -0.476 e. The van der Waals surface area contributed by atoms with Crippen molar-refractivity contribution < 1.29 is 31.8 Å². The molecule has 1 saturated heterocycles. The molecule has 9 nitrogen and oxygen atoms in total. The van der Waals surface area contributed by atoms with Gasteiger partial charge in [-0.2, -0.15) is 13.2 Å². The van der Waals surface area contributed by atoms with E-state index < -0.39 is 29.8 Å². The number of carbonyl (C=O) groups excluding carboxylic acids is 1. The Morgan fingerprint density at radius 2 is 1.84 bits per heavy atom. The minimum atomic E-state index is -4.60. The number of amides is 1. The summed E-state index contributed by atoms with van der Waals surface area (Å²) in [5.74, 6) is -1.10. The molecule has 0 bridgehead atoms. The second-order valence-corrected chi connectivity index (χ2v) is 8.40. The lowest BCUT2D eigenvalue weighted by atomic mass is 9.89. The van der Waals surface area contributed by atoms with E-state index in [1.165, 1.54) is 41.4 Å². The lowest BCUT2D eigenvalue weighted by Crippen LogP contribution is -2.40. The number of para-hydroxylation sites is 1. The van der Waals surface area contributed by atoms with Gasteiger partial charge in [0, 0.05) is 36.8 Å². The highest BCUT2D eigenvalue weighted by Crippen LogP contribution is 2.32. The molecule has 0 saturated carbocycles. The van der Waals surface area contributed by atoms with Crippen LogP contribution in [0.15, 0.2) is 48.7 Å². The number of benzene rings is 1. The number of rotatable bonds is 6. The molecule has 13 heteroatoms. The van der Waals surface area contributed by atoms with Gasteiger partial charge < -0.3 is 25.8 Å². The second-order valence-electron chi connectivity index (χ2n) is 8.40. The van der Waals surface area contributed by atoms with Gasteiger partial charge >= 0.3 is 12.3 Å². The average molecular weight is 520 g/mol. The molecular weight excluding hydrogens is 496 g/mol. The summed E-state index contributed by atoms with van der Waals surface area (Å²) in [5, 5.41) is 0. The molecule has 0 radical (unpaired) electrons. The Morgan fingerprint density at radius 1 is 1.11 bits per heavy atom. The third-order valence-corrected chi connectivity index (χ3v) is 5.86. The van der Waals surface area contributed by atoms with Crippen LogP contribution in [0.4, 0.5) is 28.3 Å². The highest BCUT2D eigenvalue weighted by molar-refractivity contribution is 5.70. The molecule has 1 aromatic carbocycles. The summed E-state index contributed by atoms with van der Waals surface area (Å²) in [4.78, 5) is 25.8. The van der Waals surface area contributed by atoms with Crippen molar-refractivity contribution in [1.82, 2.24) is 19.9 Å². The van der Waals surface area contributed by atoms with Crippen LogP contribution in [0.3, 0.4) is 0 Å². The predicted molar refractivity (Wildman–Crippen MR) is 124 cm³/mol. The first-order valence-electron chi connectivity index (χ1n) is 11.4. The van der Waals surface area contributed by atoms with Crippen LogP contribution in [-0.2, 0) is 6.18 Å². The SMILES string of the molecule is Nc1ncc(C(N)COc2cccc(C(F)(F)F)n2)c(C2CCN(C(=O)Oc3ccccc3F)CC2)n1. The van der Waals surface area contributed by atoms with Crippen molar-refractivity contribution in [3.8, 4) is 11.6 Å². The minimum absolute atomic E-state index is 0.0350. The van der Waals surface area contributed by atoms with Crippen molar-refractivity contribution in [2.45, 2.75) is 31.0 Å². The molecule has 37 heavy (non-hydrogen) atoms. The molecule has 1 aliphatic heterocycles. The van der Waals surface area contributed by atoms with Crippen LogP contribution >= 0.6 is 0 Å². The van der Waals surface area contributed by atoms with Crippen LogP contribution in [0.5, 0.6) is 11.6 Å². The number of nitrogens with zero attached hydrogens (tertiary/aromatic N) is 4. The zero-order valence-corrected chi connectivity index (χ0v) is 19.5.